The zero-order valence-electron chi connectivity index (χ0n) is 15.5. The number of amides is 1. The molecule has 156 valence electrons. The van der Waals surface area contributed by atoms with Crippen molar-refractivity contribution >= 4 is 27.3 Å². The van der Waals surface area contributed by atoms with Crippen molar-refractivity contribution in [2.75, 3.05) is 22.8 Å². The molecule has 1 aliphatic rings. The molecule has 1 heterocycles. The van der Waals surface area contributed by atoms with Gasteiger partial charge in [-0.1, -0.05) is 12.1 Å². The lowest BCUT2D eigenvalue weighted by atomic mass is 10.0. The van der Waals surface area contributed by atoms with Crippen LogP contribution in [0.25, 0.3) is 0 Å². The summed E-state index contributed by atoms with van der Waals surface area (Å²) < 4.78 is 69.9. The quantitative estimate of drug-likeness (QED) is 0.788. The predicted molar refractivity (Wildman–Crippen MR) is 102 cm³/mol. The first-order chi connectivity index (χ1) is 13.6. The van der Waals surface area contributed by atoms with Crippen LogP contribution in [0.2, 0.25) is 0 Å². The number of carbonyl (C=O) groups excluding carboxylic acids is 1. The van der Waals surface area contributed by atoms with Gasteiger partial charge < -0.3 is 9.64 Å². The van der Waals surface area contributed by atoms with Gasteiger partial charge in [-0.25, -0.2) is 8.42 Å². The molecule has 0 bridgehead atoms. The van der Waals surface area contributed by atoms with Crippen molar-refractivity contribution < 1.29 is 31.1 Å². The number of para-hydroxylation sites is 2. The van der Waals surface area contributed by atoms with E-state index in [2.05, 4.69) is 4.72 Å². The third-order valence-electron chi connectivity index (χ3n) is 4.38. The number of fused-ring (bicyclic) bond motifs is 1. The van der Waals surface area contributed by atoms with E-state index >= 15 is 0 Å². The van der Waals surface area contributed by atoms with Crippen LogP contribution >= 0.6 is 0 Å². The summed E-state index contributed by atoms with van der Waals surface area (Å²) in [6, 6.07) is 9.90. The first-order valence-electron chi connectivity index (χ1n) is 8.79. The molecule has 1 amide bonds. The zero-order valence-corrected chi connectivity index (χ0v) is 16.3. The number of ether oxygens (including phenoxy) is 1. The minimum atomic E-state index is -4.55. The van der Waals surface area contributed by atoms with Crippen molar-refractivity contribution in [2.24, 2.45) is 0 Å². The number of sulfonamides is 1. The lowest BCUT2D eigenvalue weighted by Gasteiger charge is -2.28. The third-order valence-corrected chi connectivity index (χ3v) is 5.75. The van der Waals surface area contributed by atoms with Gasteiger partial charge in [0.25, 0.3) is 10.0 Å². The molecular weight excluding hydrogens is 409 g/mol. The highest BCUT2D eigenvalue weighted by atomic mass is 32.2. The smallest absolute Gasteiger partial charge is 0.422 e. The molecule has 0 spiro atoms. The summed E-state index contributed by atoms with van der Waals surface area (Å²) in [5.74, 6) is -0.357. The van der Waals surface area contributed by atoms with E-state index in [-0.39, 0.29) is 22.2 Å². The fourth-order valence-corrected chi connectivity index (χ4v) is 4.23. The van der Waals surface area contributed by atoms with E-state index < -0.39 is 22.8 Å². The van der Waals surface area contributed by atoms with Gasteiger partial charge in [0.15, 0.2) is 6.61 Å². The summed E-state index contributed by atoms with van der Waals surface area (Å²) in [6.45, 7) is 0.473. The summed E-state index contributed by atoms with van der Waals surface area (Å²) in [4.78, 5) is 13.3. The molecule has 0 atom stereocenters. The lowest BCUT2D eigenvalue weighted by Crippen LogP contribution is -2.33. The Hall–Kier alpha value is -2.75. The average molecular weight is 428 g/mol. The molecule has 3 rings (SSSR count). The molecular formula is C19H19F3N2O4S. The molecule has 0 fully saturated rings. The van der Waals surface area contributed by atoms with E-state index in [1.54, 1.807) is 11.0 Å². The van der Waals surface area contributed by atoms with E-state index in [0.29, 0.717) is 25.1 Å². The molecule has 2 aromatic rings. The molecule has 0 unspecified atom stereocenters. The van der Waals surface area contributed by atoms with E-state index in [0.717, 1.165) is 5.56 Å². The number of benzene rings is 2. The summed E-state index contributed by atoms with van der Waals surface area (Å²) in [7, 11) is -4.08. The SMILES string of the molecule is CC(=O)N1CCCc2cc(S(=O)(=O)Nc3ccccc3OCC(F)(F)F)ccc21. The van der Waals surface area contributed by atoms with Gasteiger partial charge in [-0.3, -0.25) is 9.52 Å². The number of carbonyl (C=O) groups is 1. The molecule has 2 aromatic carbocycles. The van der Waals surface area contributed by atoms with Gasteiger partial charge >= 0.3 is 6.18 Å². The highest BCUT2D eigenvalue weighted by Gasteiger charge is 2.29. The highest BCUT2D eigenvalue weighted by molar-refractivity contribution is 7.92. The summed E-state index contributed by atoms with van der Waals surface area (Å²) in [6.07, 6.45) is -3.22. The molecule has 0 aromatic heterocycles. The Morgan fingerprint density at radius 3 is 2.62 bits per heavy atom. The lowest BCUT2D eigenvalue weighted by molar-refractivity contribution is -0.153. The molecule has 10 heteroatoms. The minimum Gasteiger partial charge on any atom is -0.482 e. The number of hydrogen-bond acceptors (Lipinski definition) is 4. The Labute approximate surface area is 166 Å². The average Bonchev–Trinajstić information content (AvgIpc) is 2.65. The molecule has 1 N–H and O–H groups in total. The van der Waals surface area contributed by atoms with Gasteiger partial charge in [0.2, 0.25) is 5.91 Å². The second kappa shape index (κ2) is 7.94. The molecule has 0 radical (unpaired) electrons. The highest BCUT2D eigenvalue weighted by Crippen LogP contribution is 2.32. The monoisotopic (exact) mass is 428 g/mol. The second-order valence-electron chi connectivity index (χ2n) is 6.57. The first kappa shape index (κ1) is 21.0. The van der Waals surface area contributed by atoms with Gasteiger partial charge in [0.1, 0.15) is 5.75 Å². The number of alkyl halides is 3. The fourth-order valence-electron chi connectivity index (χ4n) is 3.11. The maximum Gasteiger partial charge on any atom is 0.422 e. The minimum absolute atomic E-state index is 0.0488. The number of nitrogens with zero attached hydrogens (tertiary/aromatic N) is 1. The van der Waals surface area contributed by atoms with Crippen molar-refractivity contribution in [1.29, 1.82) is 0 Å². The van der Waals surface area contributed by atoms with Crippen molar-refractivity contribution in [1.82, 2.24) is 0 Å². The Kier molecular flexibility index (Phi) is 5.74. The number of nitrogens with one attached hydrogen (secondary N) is 1. The third kappa shape index (κ3) is 5.00. The number of aryl methyl sites for hydroxylation is 1. The topological polar surface area (TPSA) is 75.7 Å². The van der Waals surface area contributed by atoms with Gasteiger partial charge in [0, 0.05) is 19.2 Å². The maximum atomic E-state index is 12.8. The van der Waals surface area contributed by atoms with Crippen molar-refractivity contribution in [3.05, 3.63) is 48.0 Å². The van der Waals surface area contributed by atoms with Crippen LogP contribution in [0.15, 0.2) is 47.4 Å². The normalized spacial score (nSPS) is 14.3. The van der Waals surface area contributed by atoms with E-state index in [9.17, 15) is 26.4 Å². The van der Waals surface area contributed by atoms with Gasteiger partial charge in [-0.15, -0.1) is 0 Å². The Morgan fingerprint density at radius 2 is 1.93 bits per heavy atom. The van der Waals surface area contributed by atoms with Crippen LogP contribution in [-0.4, -0.2) is 33.7 Å². The molecule has 1 aliphatic heterocycles. The first-order valence-corrected chi connectivity index (χ1v) is 10.3. The fraction of sp³-hybridized carbons (Fsp3) is 0.316. The standard InChI is InChI=1S/C19H19F3N2O4S/c1-13(25)24-10-4-5-14-11-15(8-9-17(14)24)29(26,27)23-16-6-2-3-7-18(16)28-12-19(20,21)22/h2-3,6-9,11,23H,4-5,10,12H2,1H3. The van der Waals surface area contributed by atoms with Crippen molar-refractivity contribution in [2.45, 2.75) is 30.8 Å². The van der Waals surface area contributed by atoms with Crippen LogP contribution in [0, 0.1) is 0 Å². The number of hydrogen-bond donors (Lipinski definition) is 1. The Morgan fingerprint density at radius 1 is 1.21 bits per heavy atom. The van der Waals surface area contributed by atoms with Gasteiger partial charge in [-0.05, 0) is 48.7 Å². The maximum absolute atomic E-state index is 12.8. The van der Waals surface area contributed by atoms with Crippen molar-refractivity contribution in [3.8, 4) is 5.75 Å². The molecule has 6 nitrogen and oxygen atoms in total. The predicted octanol–water partition coefficient (Wildman–Crippen LogP) is 3.73. The van der Waals surface area contributed by atoms with E-state index in [4.69, 9.17) is 4.74 Å². The summed E-state index contributed by atoms with van der Waals surface area (Å²) >= 11 is 0. The van der Waals surface area contributed by atoms with Crippen LogP contribution < -0.4 is 14.4 Å². The second-order valence-corrected chi connectivity index (χ2v) is 8.25. The number of anilines is 2. The summed E-state index contributed by atoms with van der Waals surface area (Å²) in [5.41, 5.74) is 1.28. The van der Waals surface area contributed by atoms with Gasteiger partial charge in [-0.2, -0.15) is 13.2 Å². The van der Waals surface area contributed by atoms with E-state index in [1.807, 2.05) is 0 Å². The molecule has 29 heavy (non-hydrogen) atoms. The largest absolute Gasteiger partial charge is 0.482 e. The van der Waals surface area contributed by atoms with Crippen LogP contribution in [0.1, 0.15) is 18.9 Å². The molecule has 0 saturated heterocycles. The van der Waals surface area contributed by atoms with Crippen molar-refractivity contribution in [3.63, 3.8) is 0 Å². The summed E-state index contributed by atoms with van der Waals surface area (Å²) in [5, 5.41) is 0. The number of halogens is 3. The Balaban J connectivity index is 1.87. The van der Waals surface area contributed by atoms with Crippen LogP contribution in [-0.2, 0) is 21.2 Å². The Bertz CT molecular complexity index is 1020. The molecule has 0 aliphatic carbocycles. The van der Waals surface area contributed by atoms with E-state index in [1.165, 1.54) is 43.3 Å². The zero-order chi connectivity index (χ0) is 21.2. The molecule has 0 saturated carbocycles. The van der Waals surface area contributed by atoms with Crippen LogP contribution in [0.3, 0.4) is 0 Å². The van der Waals surface area contributed by atoms with Gasteiger partial charge in [0.05, 0.1) is 10.6 Å². The number of rotatable bonds is 5. The van der Waals surface area contributed by atoms with Crippen LogP contribution in [0.4, 0.5) is 24.5 Å². The van der Waals surface area contributed by atoms with Crippen LogP contribution in [0.5, 0.6) is 5.75 Å².